The molecule has 140 valence electrons. The minimum Gasteiger partial charge on any atom is -0.379 e. The molecule has 0 spiro atoms. The summed E-state index contributed by atoms with van der Waals surface area (Å²) in [5.74, 6) is 1.62. The van der Waals surface area contributed by atoms with E-state index in [0.29, 0.717) is 12.6 Å². The third-order valence-electron chi connectivity index (χ3n) is 4.94. The number of nitriles is 1. The highest BCUT2D eigenvalue weighted by atomic mass is 16.5. The number of benzene rings is 1. The van der Waals surface area contributed by atoms with E-state index in [1.54, 1.807) is 7.05 Å². The maximum absolute atomic E-state index is 9.34. The molecule has 1 aromatic carbocycles. The Hall–Kier alpha value is -2.26. The molecule has 1 aromatic rings. The van der Waals surface area contributed by atoms with Crippen molar-refractivity contribution in [3.05, 3.63) is 29.8 Å². The number of aliphatic imine (C=N–C) groups is 1. The first-order valence-corrected chi connectivity index (χ1v) is 9.59. The van der Waals surface area contributed by atoms with Gasteiger partial charge in [-0.15, -0.1) is 0 Å². The monoisotopic (exact) mass is 355 g/mol. The van der Waals surface area contributed by atoms with Gasteiger partial charge in [-0.25, -0.2) is 0 Å². The van der Waals surface area contributed by atoms with Crippen molar-refractivity contribution in [2.75, 3.05) is 44.8 Å². The highest BCUT2D eigenvalue weighted by molar-refractivity contribution is 5.80. The fourth-order valence-electron chi connectivity index (χ4n) is 3.32. The molecule has 0 bridgehead atoms. The van der Waals surface area contributed by atoms with E-state index in [1.165, 1.54) is 12.8 Å². The van der Waals surface area contributed by atoms with Crippen LogP contribution in [0.15, 0.2) is 29.3 Å². The van der Waals surface area contributed by atoms with E-state index >= 15 is 0 Å². The number of hydrogen-bond donors (Lipinski definition) is 2. The summed E-state index contributed by atoms with van der Waals surface area (Å²) in [7, 11) is 1.80. The number of rotatable bonds is 7. The normalized spacial score (nSPS) is 20.5. The van der Waals surface area contributed by atoms with Gasteiger partial charge in [0.1, 0.15) is 6.07 Å². The van der Waals surface area contributed by atoms with Gasteiger partial charge in [0.05, 0.1) is 17.9 Å². The Balaban J connectivity index is 1.46. The van der Waals surface area contributed by atoms with Gasteiger partial charge < -0.3 is 20.3 Å². The molecule has 26 heavy (non-hydrogen) atoms. The van der Waals surface area contributed by atoms with Crippen LogP contribution in [0, 0.1) is 17.2 Å². The van der Waals surface area contributed by atoms with E-state index in [0.717, 1.165) is 62.2 Å². The highest BCUT2D eigenvalue weighted by Crippen LogP contribution is 2.28. The predicted molar refractivity (Wildman–Crippen MR) is 104 cm³/mol. The molecule has 1 aliphatic carbocycles. The minimum absolute atomic E-state index is 0.314. The summed E-state index contributed by atoms with van der Waals surface area (Å²) >= 11 is 0. The third kappa shape index (κ3) is 5.37. The Morgan fingerprint density at radius 2 is 2.19 bits per heavy atom. The molecule has 0 amide bonds. The Bertz CT molecular complexity index is 650. The second-order valence-corrected chi connectivity index (χ2v) is 7.08. The topological polar surface area (TPSA) is 72.7 Å². The van der Waals surface area contributed by atoms with Gasteiger partial charge in [0.25, 0.3) is 0 Å². The van der Waals surface area contributed by atoms with Crippen molar-refractivity contribution in [2.24, 2.45) is 10.9 Å². The fraction of sp³-hybridized carbons (Fsp3) is 0.600. The van der Waals surface area contributed by atoms with E-state index in [2.05, 4.69) is 26.6 Å². The van der Waals surface area contributed by atoms with Crippen LogP contribution in [0.3, 0.4) is 0 Å². The zero-order chi connectivity index (χ0) is 18.2. The lowest BCUT2D eigenvalue weighted by Gasteiger charge is -2.35. The molecule has 6 nitrogen and oxygen atoms in total. The molecule has 3 rings (SSSR count). The van der Waals surface area contributed by atoms with Crippen LogP contribution in [-0.4, -0.2) is 51.9 Å². The number of nitrogens with zero attached hydrogens (tertiary/aromatic N) is 3. The Kier molecular flexibility index (Phi) is 6.73. The van der Waals surface area contributed by atoms with Crippen molar-refractivity contribution in [3.63, 3.8) is 0 Å². The molecule has 2 N–H and O–H groups in total. The Morgan fingerprint density at radius 3 is 2.96 bits per heavy atom. The first-order valence-electron chi connectivity index (χ1n) is 9.59. The lowest BCUT2D eigenvalue weighted by Crippen LogP contribution is -2.51. The van der Waals surface area contributed by atoms with Gasteiger partial charge >= 0.3 is 0 Å². The van der Waals surface area contributed by atoms with Crippen molar-refractivity contribution in [1.82, 2.24) is 10.6 Å². The van der Waals surface area contributed by atoms with Crippen LogP contribution < -0.4 is 15.5 Å². The summed E-state index contributed by atoms with van der Waals surface area (Å²) in [6.45, 7) is 4.22. The first kappa shape index (κ1) is 18.5. The lowest BCUT2D eigenvalue weighted by atomic mass is 10.0. The van der Waals surface area contributed by atoms with Crippen LogP contribution in [-0.2, 0) is 4.74 Å². The van der Waals surface area contributed by atoms with Crippen LogP contribution >= 0.6 is 0 Å². The number of piperidine rings is 1. The van der Waals surface area contributed by atoms with E-state index in [9.17, 15) is 5.26 Å². The zero-order valence-electron chi connectivity index (χ0n) is 15.6. The molecule has 2 fully saturated rings. The quantitative estimate of drug-likeness (QED) is 0.445. The largest absolute Gasteiger partial charge is 0.379 e. The summed E-state index contributed by atoms with van der Waals surface area (Å²) in [5, 5.41) is 16.2. The van der Waals surface area contributed by atoms with Crippen LogP contribution in [0.4, 0.5) is 5.69 Å². The number of ether oxygens (including phenoxy) is 1. The average Bonchev–Trinajstić information content (AvgIpc) is 3.51. The molecule has 1 unspecified atom stereocenters. The van der Waals surface area contributed by atoms with Gasteiger partial charge in [-0.2, -0.15) is 5.26 Å². The molecule has 2 aliphatic rings. The van der Waals surface area contributed by atoms with E-state index < -0.39 is 0 Å². The number of anilines is 1. The van der Waals surface area contributed by atoms with Gasteiger partial charge in [0.2, 0.25) is 0 Å². The molecule has 1 heterocycles. The van der Waals surface area contributed by atoms with Crippen LogP contribution in [0.25, 0.3) is 0 Å². The van der Waals surface area contributed by atoms with Crippen molar-refractivity contribution in [2.45, 2.75) is 31.7 Å². The third-order valence-corrected chi connectivity index (χ3v) is 4.94. The summed E-state index contributed by atoms with van der Waals surface area (Å²) < 4.78 is 5.66. The van der Waals surface area contributed by atoms with Crippen LogP contribution in [0.1, 0.15) is 31.2 Å². The van der Waals surface area contributed by atoms with Crippen LogP contribution in [0.5, 0.6) is 0 Å². The minimum atomic E-state index is 0.314. The van der Waals surface area contributed by atoms with E-state index in [-0.39, 0.29) is 0 Å². The predicted octanol–water partition coefficient (Wildman–Crippen LogP) is 2.12. The van der Waals surface area contributed by atoms with Gasteiger partial charge in [0, 0.05) is 39.3 Å². The maximum atomic E-state index is 9.34. The Morgan fingerprint density at radius 1 is 1.35 bits per heavy atom. The summed E-state index contributed by atoms with van der Waals surface area (Å²) in [6.07, 6.45) is 4.84. The van der Waals surface area contributed by atoms with Gasteiger partial charge in [-0.3, -0.25) is 4.99 Å². The number of nitrogens with one attached hydrogen (secondary N) is 2. The van der Waals surface area contributed by atoms with Gasteiger partial charge in [-0.1, -0.05) is 12.1 Å². The Labute approximate surface area is 156 Å². The molecular formula is C20H29N5O. The first-order chi connectivity index (χ1) is 12.8. The zero-order valence-corrected chi connectivity index (χ0v) is 15.6. The van der Waals surface area contributed by atoms with E-state index in [4.69, 9.17) is 4.74 Å². The maximum Gasteiger partial charge on any atom is 0.191 e. The van der Waals surface area contributed by atoms with E-state index in [1.807, 2.05) is 24.3 Å². The molecule has 6 heteroatoms. The molecule has 1 atom stereocenters. The van der Waals surface area contributed by atoms with Gasteiger partial charge in [-0.05, 0) is 43.7 Å². The second-order valence-electron chi connectivity index (χ2n) is 7.08. The van der Waals surface area contributed by atoms with Gasteiger partial charge in [0.15, 0.2) is 5.96 Å². The number of guanidine groups is 1. The molecule has 0 radical (unpaired) electrons. The lowest BCUT2D eigenvalue weighted by molar-refractivity contribution is 0.129. The van der Waals surface area contributed by atoms with Crippen molar-refractivity contribution < 1.29 is 4.74 Å². The number of para-hydroxylation sites is 1. The second kappa shape index (κ2) is 9.44. The molecule has 0 aromatic heterocycles. The molecule has 1 saturated heterocycles. The van der Waals surface area contributed by atoms with Crippen LogP contribution in [0.2, 0.25) is 0 Å². The average molecular weight is 355 g/mol. The molecule has 1 aliphatic heterocycles. The number of hydrogen-bond acceptors (Lipinski definition) is 4. The SMILES string of the molecule is CN=C(NCCOCC1CC1)NC1CCCN(c2ccccc2C#N)C1. The fourth-order valence-corrected chi connectivity index (χ4v) is 3.32. The summed E-state index contributed by atoms with van der Waals surface area (Å²) in [4.78, 5) is 6.62. The standard InChI is InChI=1S/C20H29N5O/c1-22-20(23-10-12-26-15-16-8-9-16)24-18-6-4-11-25(14-18)19-7-3-2-5-17(19)13-21/h2-3,5,7,16,18H,4,6,8-12,14-15H2,1H3,(H2,22,23,24). The summed E-state index contributed by atoms with van der Waals surface area (Å²) in [6, 6.07) is 10.4. The molecular weight excluding hydrogens is 326 g/mol. The van der Waals surface area contributed by atoms with Crippen molar-refractivity contribution in [1.29, 1.82) is 5.26 Å². The smallest absolute Gasteiger partial charge is 0.191 e. The van der Waals surface area contributed by atoms with Crippen molar-refractivity contribution >= 4 is 11.6 Å². The van der Waals surface area contributed by atoms with Crippen molar-refractivity contribution in [3.8, 4) is 6.07 Å². The highest BCUT2D eigenvalue weighted by Gasteiger charge is 2.23. The summed E-state index contributed by atoms with van der Waals surface area (Å²) in [5.41, 5.74) is 1.77. The molecule has 1 saturated carbocycles.